The van der Waals surface area contributed by atoms with Crippen LogP contribution in [0.1, 0.15) is 25.4 Å². The summed E-state index contributed by atoms with van der Waals surface area (Å²) in [7, 11) is 4.12. The number of aliphatic imine (C=N–C) groups is 1. The summed E-state index contributed by atoms with van der Waals surface area (Å²) in [6.45, 7) is 7.33. The van der Waals surface area contributed by atoms with E-state index in [0.29, 0.717) is 6.54 Å². The van der Waals surface area contributed by atoms with Gasteiger partial charge >= 0.3 is 0 Å². The molecule has 2 aromatic rings. The van der Waals surface area contributed by atoms with Crippen LogP contribution in [0.5, 0.6) is 0 Å². The first kappa shape index (κ1) is 17.1. The van der Waals surface area contributed by atoms with Gasteiger partial charge < -0.3 is 19.4 Å². The number of hydrogen-bond donors (Lipinski definition) is 1. The van der Waals surface area contributed by atoms with Crippen LogP contribution in [-0.2, 0) is 26.6 Å². The van der Waals surface area contributed by atoms with Gasteiger partial charge in [-0.25, -0.2) is 0 Å². The normalized spacial score (nSPS) is 11.7. The fourth-order valence-electron chi connectivity index (χ4n) is 2.45. The molecule has 0 aromatic carbocycles. The summed E-state index contributed by atoms with van der Waals surface area (Å²) < 4.78 is 4.19. The van der Waals surface area contributed by atoms with Crippen molar-refractivity contribution in [2.45, 2.75) is 33.4 Å². The predicted molar refractivity (Wildman–Crippen MR) is 92.3 cm³/mol. The van der Waals surface area contributed by atoms with Gasteiger partial charge in [-0.05, 0) is 19.1 Å². The lowest BCUT2D eigenvalue weighted by Crippen LogP contribution is -2.39. The van der Waals surface area contributed by atoms with Gasteiger partial charge in [0.2, 0.25) is 0 Å². The zero-order valence-corrected chi connectivity index (χ0v) is 14.5. The van der Waals surface area contributed by atoms with Gasteiger partial charge in [0.25, 0.3) is 0 Å². The molecule has 126 valence electrons. The molecule has 1 N–H and O–H groups in total. The third kappa shape index (κ3) is 4.58. The van der Waals surface area contributed by atoms with Crippen molar-refractivity contribution >= 4 is 5.96 Å². The van der Waals surface area contributed by atoms with Crippen LogP contribution >= 0.6 is 0 Å². The summed E-state index contributed by atoms with van der Waals surface area (Å²) in [6.07, 6.45) is 4.72. The quantitative estimate of drug-likeness (QED) is 0.617. The molecule has 0 saturated heterocycles. The molecule has 0 bridgehead atoms. The van der Waals surface area contributed by atoms with Crippen molar-refractivity contribution in [3.05, 3.63) is 36.2 Å². The van der Waals surface area contributed by atoms with Crippen molar-refractivity contribution in [2.75, 3.05) is 20.1 Å². The fourth-order valence-corrected chi connectivity index (χ4v) is 2.45. The zero-order chi connectivity index (χ0) is 16.7. The highest BCUT2D eigenvalue weighted by atomic mass is 15.3. The fraction of sp³-hybridized carbons (Fsp3) is 0.562. The Labute approximate surface area is 138 Å². The molecule has 0 aliphatic heterocycles. The predicted octanol–water partition coefficient (Wildman–Crippen LogP) is 1.28. The molecule has 7 nitrogen and oxygen atoms in total. The van der Waals surface area contributed by atoms with Crippen LogP contribution in [0.3, 0.4) is 0 Å². The molecular formula is C16H27N7. The van der Waals surface area contributed by atoms with Gasteiger partial charge in [0.1, 0.15) is 12.2 Å². The average molecular weight is 317 g/mol. The largest absolute Gasteiger partial charge is 0.357 e. The lowest BCUT2D eigenvalue weighted by molar-refractivity contribution is 0.461. The maximum absolute atomic E-state index is 4.72. The van der Waals surface area contributed by atoms with Crippen molar-refractivity contribution in [1.29, 1.82) is 0 Å². The minimum Gasteiger partial charge on any atom is -0.357 e. The van der Waals surface area contributed by atoms with E-state index in [9.17, 15) is 0 Å². The maximum Gasteiger partial charge on any atom is 0.194 e. The van der Waals surface area contributed by atoms with Crippen LogP contribution in [0.2, 0.25) is 0 Å². The topological polar surface area (TPSA) is 63.3 Å². The van der Waals surface area contributed by atoms with Crippen LogP contribution in [0.25, 0.3) is 0 Å². The molecular weight excluding hydrogens is 290 g/mol. The van der Waals surface area contributed by atoms with Gasteiger partial charge in [-0.3, -0.25) is 4.99 Å². The van der Waals surface area contributed by atoms with Crippen molar-refractivity contribution < 1.29 is 0 Å². The lowest BCUT2D eigenvalue weighted by atomic mass is 10.4. The van der Waals surface area contributed by atoms with E-state index in [1.54, 1.807) is 6.33 Å². The Kier molecular flexibility index (Phi) is 6.19. The second-order valence-corrected chi connectivity index (χ2v) is 5.50. The first-order valence-electron chi connectivity index (χ1n) is 8.12. The van der Waals surface area contributed by atoms with E-state index in [1.165, 1.54) is 5.69 Å². The summed E-state index contributed by atoms with van der Waals surface area (Å²) >= 11 is 0. The van der Waals surface area contributed by atoms with Crippen molar-refractivity contribution in [1.82, 2.24) is 29.5 Å². The number of rotatable bonds is 7. The van der Waals surface area contributed by atoms with Gasteiger partial charge in [-0.15, -0.1) is 10.2 Å². The number of aromatic nitrogens is 4. The standard InChI is InChI=1S/C16H27N7/c1-5-15-20-19-13-23(15)11-9-18-16(17-6-2)22(4)12-14-8-7-10-21(14)3/h7-8,10,13H,5-6,9,11-12H2,1-4H3,(H,17,18). The van der Waals surface area contributed by atoms with Crippen molar-refractivity contribution in [2.24, 2.45) is 12.0 Å². The van der Waals surface area contributed by atoms with E-state index >= 15 is 0 Å². The van der Waals surface area contributed by atoms with Crippen LogP contribution in [0, 0.1) is 0 Å². The number of hydrogen-bond acceptors (Lipinski definition) is 3. The van der Waals surface area contributed by atoms with Gasteiger partial charge in [-0.2, -0.15) is 0 Å². The van der Waals surface area contributed by atoms with Gasteiger partial charge in [0.05, 0.1) is 13.1 Å². The summed E-state index contributed by atoms with van der Waals surface area (Å²) in [5, 5.41) is 11.4. The molecule has 2 heterocycles. The third-order valence-electron chi connectivity index (χ3n) is 3.76. The smallest absolute Gasteiger partial charge is 0.194 e. The Morgan fingerprint density at radius 1 is 1.39 bits per heavy atom. The molecule has 7 heteroatoms. The number of nitrogens with zero attached hydrogens (tertiary/aromatic N) is 6. The van der Waals surface area contributed by atoms with Crippen LogP contribution in [0.15, 0.2) is 29.6 Å². The Bertz CT molecular complexity index is 626. The summed E-state index contributed by atoms with van der Waals surface area (Å²) in [4.78, 5) is 6.86. The second-order valence-electron chi connectivity index (χ2n) is 5.50. The molecule has 0 fully saturated rings. The number of aryl methyl sites for hydroxylation is 2. The molecule has 0 radical (unpaired) electrons. The average Bonchev–Trinajstić information content (AvgIpc) is 3.15. The zero-order valence-electron chi connectivity index (χ0n) is 14.5. The minimum atomic E-state index is 0.699. The highest BCUT2D eigenvalue weighted by Crippen LogP contribution is 2.04. The van der Waals surface area contributed by atoms with Gasteiger partial charge in [0.15, 0.2) is 5.96 Å². The van der Waals surface area contributed by atoms with Crippen LogP contribution in [0.4, 0.5) is 0 Å². The molecule has 2 aromatic heterocycles. The molecule has 23 heavy (non-hydrogen) atoms. The highest BCUT2D eigenvalue weighted by Gasteiger charge is 2.08. The monoisotopic (exact) mass is 317 g/mol. The van der Waals surface area contributed by atoms with Gasteiger partial charge in [-0.1, -0.05) is 6.92 Å². The van der Waals surface area contributed by atoms with Gasteiger partial charge in [0, 0.05) is 45.5 Å². The molecule has 0 amide bonds. The van der Waals surface area contributed by atoms with E-state index < -0.39 is 0 Å². The second kappa shape index (κ2) is 8.36. The van der Waals surface area contributed by atoms with Crippen molar-refractivity contribution in [3.63, 3.8) is 0 Å². The third-order valence-corrected chi connectivity index (χ3v) is 3.76. The molecule has 0 unspecified atom stereocenters. The van der Waals surface area contributed by atoms with Crippen molar-refractivity contribution in [3.8, 4) is 0 Å². The highest BCUT2D eigenvalue weighted by molar-refractivity contribution is 5.79. The van der Waals surface area contributed by atoms with E-state index in [2.05, 4.69) is 75.8 Å². The van der Waals surface area contributed by atoms with Crippen LogP contribution in [-0.4, -0.2) is 50.3 Å². The van der Waals surface area contributed by atoms with E-state index in [-0.39, 0.29) is 0 Å². The first-order valence-corrected chi connectivity index (χ1v) is 8.12. The summed E-state index contributed by atoms with van der Waals surface area (Å²) in [5.74, 6) is 1.92. The number of nitrogens with one attached hydrogen (secondary N) is 1. The number of guanidine groups is 1. The molecule has 0 saturated carbocycles. The molecule has 0 spiro atoms. The molecule has 0 aliphatic rings. The Morgan fingerprint density at radius 3 is 2.87 bits per heavy atom. The molecule has 0 aliphatic carbocycles. The first-order chi connectivity index (χ1) is 11.2. The minimum absolute atomic E-state index is 0.699. The summed E-state index contributed by atoms with van der Waals surface area (Å²) in [5.41, 5.74) is 1.25. The Morgan fingerprint density at radius 2 is 2.22 bits per heavy atom. The Balaban J connectivity index is 1.97. The molecule has 2 rings (SSSR count). The Hall–Kier alpha value is -2.31. The van der Waals surface area contributed by atoms with E-state index in [0.717, 1.165) is 37.8 Å². The SMILES string of the molecule is CCNC(=NCCn1cnnc1CC)N(C)Cc1cccn1C. The lowest BCUT2D eigenvalue weighted by Gasteiger charge is -2.22. The summed E-state index contributed by atoms with van der Waals surface area (Å²) in [6, 6.07) is 4.19. The van der Waals surface area contributed by atoms with E-state index in [4.69, 9.17) is 4.99 Å². The maximum atomic E-state index is 4.72. The van der Waals surface area contributed by atoms with Crippen LogP contribution < -0.4 is 5.32 Å². The van der Waals surface area contributed by atoms with E-state index in [1.807, 2.05) is 0 Å². The molecule has 0 atom stereocenters.